The van der Waals surface area contributed by atoms with Gasteiger partial charge in [-0.15, -0.1) is 0 Å². The molecule has 46 heavy (non-hydrogen) atoms. The highest BCUT2D eigenvalue weighted by molar-refractivity contribution is 6.27. The van der Waals surface area contributed by atoms with Crippen LogP contribution in [0.3, 0.4) is 0 Å². The summed E-state index contributed by atoms with van der Waals surface area (Å²) in [5, 5.41) is 7.88. The van der Waals surface area contributed by atoms with Gasteiger partial charge in [-0.2, -0.15) is 0 Å². The average Bonchev–Trinajstić information content (AvgIpc) is 3.68. The van der Waals surface area contributed by atoms with Gasteiger partial charge in [0.05, 0.1) is 11.2 Å². The van der Waals surface area contributed by atoms with E-state index in [0.717, 1.165) is 93.7 Å². The number of nitrogens with zero attached hydrogens (tertiary/aromatic N) is 1. The Labute approximate surface area is 264 Å². The molecular formula is C43H25NO2. The second-order valence-electron chi connectivity index (χ2n) is 11.9. The van der Waals surface area contributed by atoms with Crippen LogP contribution in [0.5, 0.6) is 0 Å². The molecule has 0 spiro atoms. The molecule has 10 rings (SSSR count). The van der Waals surface area contributed by atoms with E-state index in [1.807, 2.05) is 24.3 Å². The topological polar surface area (TPSA) is 39.2 Å². The van der Waals surface area contributed by atoms with Gasteiger partial charge >= 0.3 is 0 Å². The third kappa shape index (κ3) is 3.69. The van der Waals surface area contributed by atoms with Gasteiger partial charge < -0.3 is 8.83 Å². The zero-order valence-corrected chi connectivity index (χ0v) is 24.7. The van der Waals surface area contributed by atoms with Crippen molar-refractivity contribution in [3.8, 4) is 33.5 Å². The molecule has 0 saturated heterocycles. The van der Waals surface area contributed by atoms with Crippen molar-refractivity contribution in [2.75, 3.05) is 0 Å². The Morgan fingerprint density at radius 1 is 0.348 bits per heavy atom. The minimum Gasteiger partial charge on any atom is -0.456 e. The van der Waals surface area contributed by atoms with E-state index in [4.69, 9.17) is 13.8 Å². The lowest BCUT2D eigenvalue weighted by Gasteiger charge is -2.16. The second kappa shape index (κ2) is 9.65. The summed E-state index contributed by atoms with van der Waals surface area (Å²) < 4.78 is 12.8. The van der Waals surface area contributed by atoms with Crippen molar-refractivity contribution in [2.24, 2.45) is 0 Å². The summed E-state index contributed by atoms with van der Waals surface area (Å²) in [5.41, 5.74) is 11.1. The third-order valence-corrected chi connectivity index (χ3v) is 9.26. The molecule has 0 aliphatic carbocycles. The molecule has 0 aliphatic heterocycles. The number of furan rings is 2. The van der Waals surface area contributed by atoms with Gasteiger partial charge in [0.15, 0.2) is 0 Å². The largest absolute Gasteiger partial charge is 0.456 e. The molecule has 0 unspecified atom stereocenters. The number of para-hydroxylation sites is 3. The lowest BCUT2D eigenvalue weighted by atomic mass is 9.89. The van der Waals surface area contributed by atoms with Gasteiger partial charge in [-0.25, -0.2) is 4.98 Å². The Kier molecular flexibility index (Phi) is 5.28. The summed E-state index contributed by atoms with van der Waals surface area (Å²) in [4.78, 5) is 5.21. The Morgan fingerprint density at radius 2 is 0.957 bits per heavy atom. The monoisotopic (exact) mass is 587 g/mol. The predicted octanol–water partition coefficient (Wildman–Crippen LogP) is 12.2. The summed E-state index contributed by atoms with van der Waals surface area (Å²) in [6, 6.07) is 53.1. The number of fused-ring (bicyclic) bond motifs is 9. The van der Waals surface area contributed by atoms with Crippen molar-refractivity contribution >= 4 is 65.6 Å². The summed E-state index contributed by atoms with van der Waals surface area (Å²) in [6.45, 7) is 0. The van der Waals surface area contributed by atoms with Crippen LogP contribution in [0.25, 0.3) is 99.1 Å². The molecule has 0 aliphatic rings. The van der Waals surface area contributed by atoms with Crippen LogP contribution in [-0.2, 0) is 0 Å². The normalized spacial score (nSPS) is 11.9. The van der Waals surface area contributed by atoms with Gasteiger partial charge in [0.2, 0.25) is 0 Å². The van der Waals surface area contributed by atoms with Crippen molar-refractivity contribution < 1.29 is 8.83 Å². The third-order valence-electron chi connectivity index (χ3n) is 9.26. The molecule has 7 aromatic carbocycles. The molecule has 3 nitrogen and oxygen atoms in total. The molecule has 0 radical (unpaired) electrons. The fraction of sp³-hybridized carbons (Fsp3) is 0. The highest BCUT2D eigenvalue weighted by Gasteiger charge is 2.21. The summed E-state index contributed by atoms with van der Waals surface area (Å²) in [6.07, 6.45) is 0. The van der Waals surface area contributed by atoms with Gasteiger partial charge in [-0.1, -0.05) is 115 Å². The Morgan fingerprint density at radius 3 is 1.78 bits per heavy atom. The van der Waals surface area contributed by atoms with Crippen LogP contribution >= 0.6 is 0 Å². The van der Waals surface area contributed by atoms with E-state index in [1.165, 1.54) is 5.39 Å². The maximum absolute atomic E-state index is 6.55. The fourth-order valence-electron chi connectivity index (χ4n) is 7.16. The molecule has 0 bridgehead atoms. The average molecular weight is 588 g/mol. The first-order chi connectivity index (χ1) is 22.8. The highest BCUT2D eigenvalue weighted by Crippen LogP contribution is 2.46. The number of rotatable bonds is 3. The van der Waals surface area contributed by atoms with E-state index < -0.39 is 0 Å². The van der Waals surface area contributed by atoms with Crippen LogP contribution < -0.4 is 0 Å². The molecule has 10 aromatic rings. The standard InChI is InChI=1S/C43H25NO2/c1-2-10-28(11-3-1)43-34-25-39-42(33-14-6-9-17-37(33)46-39)40(41(34)32-13-4-7-15-35(32)44-43)27-20-18-26(19-21-27)29-22-23-31-30-12-5-8-16-36(30)45-38(31)24-29/h1-25H. The summed E-state index contributed by atoms with van der Waals surface area (Å²) >= 11 is 0. The van der Waals surface area contributed by atoms with Gasteiger partial charge in [0, 0.05) is 48.8 Å². The van der Waals surface area contributed by atoms with Crippen LogP contribution in [0.4, 0.5) is 0 Å². The van der Waals surface area contributed by atoms with Crippen molar-refractivity contribution in [3.63, 3.8) is 0 Å². The Balaban J connectivity index is 1.26. The van der Waals surface area contributed by atoms with Crippen molar-refractivity contribution in [1.29, 1.82) is 0 Å². The van der Waals surface area contributed by atoms with Crippen LogP contribution in [0.1, 0.15) is 0 Å². The first-order valence-electron chi connectivity index (χ1n) is 15.5. The Bertz CT molecular complexity index is 2790. The summed E-state index contributed by atoms with van der Waals surface area (Å²) in [5.74, 6) is 0. The van der Waals surface area contributed by atoms with Gasteiger partial charge in [-0.3, -0.25) is 0 Å². The first kappa shape index (κ1) is 25.2. The van der Waals surface area contributed by atoms with E-state index in [9.17, 15) is 0 Å². The molecule has 3 heteroatoms. The van der Waals surface area contributed by atoms with Crippen molar-refractivity contribution in [1.82, 2.24) is 4.98 Å². The predicted molar refractivity (Wildman–Crippen MR) is 190 cm³/mol. The Hall–Kier alpha value is -6.19. The molecule has 3 aromatic heterocycles. The van der Waals surface area contributed by atoms with Gasteiger partial charge in [-0.05, 0) is 53.1 Å². The van der Waals surface area contributed by atoms with E-state index >= 15 is 0 Å². The zero-order valence-electron chi connectivity index (χ0n) is 24.7. The van der Waals surface area contributed by atoms with E-state index in [0.29, 0.717) is 0 Å². The van der Waals surface area contributed by atoms with E-state index in [1.54, 1.807) is 0 Å². The lowest BCUT2D eigenvalue weighted by molar-refractivity contribution is 0.669. The number of hydrogen-bond acceptors (Lipinski definition) is 3. The van der Waals surface area contributed by atoms with Crippen molar-refractivity contribution in [3.05, 3.63) is 152 Å². The first-order valence-corrected chi connectivity index (χ1v) is 15.5. The van der Waals surface area contributed by atoms with Crippen LogP contribution in [0.15, 0.2) is 160 Å². The molecule has 0 atom stereocenters. The molecule has 0 saturated carbocycles. The van der Waals surface area contributed by atoms with Crippen LogP contribution in [0, 0.1) is 0 Å². The minimum absolute atomic E-state index is 0.859. The van der Waals surface area contributed by atoms with Gasteiger partial charge in [0.1, 0.15) is 22.3 Å². The number of hydrogen-bond donors (Lipinski definition) is 0. The molecular weight excluding hydrogens is 562 g/mol. The van der Waals surface area contributed by atoms with E-state index in [-0.39, 0.29) is 0 Å². The van der Waals surface area contributed by atoms with Gasteiger partial charge in [0.25, 0.3) is 0 Å². The fourth-order valence-corrected chi connectivity index (χ4v) is 7.16. The molecule has 0 N–H and O–H groups in total. The second-order valence-corrected chi connectivity index (χ2v) is 11.9. The number of benzene rings is 7. The quantitative estimate of drug-likeness (QED) is 0.193. The smallest absolute Gasteiger partial charge is 0.136 e. The maximum atomic E-state index is 6.55. The van der Waals surface area contributed by atoms with Crippen LogP contribution in [-0.4, -0.2) is 4.98 Å². The highest BCUT2D eigenvalue weighted by atomic mass is 16.3. The number of aromatic nitrogens is 1. The SMILES string of the molecule is c1ccc(-c2nc3ccccc3c3c(-c4ccc(-c5ccc6c(c5)oc5ccccc56)cc4)c4c(cc23)oc2ccccc24)cc1. The van der Waals surface area contributed by atoms with E-state index in [2.05, 4.69) is 127 Å². The van der Waals surface area contributed by atoms with Crippen molar-refractivity contribution in [2.45, 2.75) is 0 Å². The van der Waals surface area contributed by atoms with Crippen LogP contribution in [0.2, 0.25) is 0 Å². The minimum atomic E-state index is 0.859. The number of pyridine rings is 1. The molecule has 214 valence electrons. The molecule has 0 amide bonds. The summed E-state index contributed by atoms with van der Waals surface area (Å²) in [7, 11) is 0. The zero-order chi connectivity index (χ0) is 30.2. The molecule has 3 heterocycles. The lowest BCUT2D eigenvalue weighted by Crippen LogP contribution is -1.93. The maximum Gasteiger partial charge on any atom is 0.136 e. The molecule has 0 fully saturated rings.